The Hall–Kier alpha value is -1.75. The molecule has 24 heavy (non-hydrogen) atoms. The molecule has 5 nitrogen and oxygen atoms in total. The van der Waals surface area contributed by atoms with Gasteiger partial charge >= 0.3 is 6.03 Å². The number of amides is 2. The first-order valence-corrected chi connectivity index (χ1v) is 9.27. The zero-order valence-electron chi connectivity index (χ0n) is 14.4. The maximum atomic E-state index is 12.0. The molecule has 1 aliphatic carbocycles. The number of anilines is 1. The average Bonchev–Trinajstić information content (AvgIpc) is 2.63. The van der Waals surface area contributed by atoms with Crippen LogP contribution in [0.1, 0.15) is 38.5 Å². The summed E-state index contributed by atoms with van der Waals surface area (Å²) in [4.78, 5) is 14.3. The van der Waals surface area contributed by atoms with E-state index in [1.807, 2.05) is 6.07 Å². The van der Waals surface area contributed by atoms with E-state index in [0.29, 0.717) is 12.6 Å². The Bertz CT molecular complexity index is 503. The molecular weight excluding hydrogens is 302 g/mol. The molecule has 2 N–H and O–H groups in total. The minimum absolute atomic E-state index is 0.0300. The van der Waals surface area contributed by atoms with Crippen LogP contribution >= 0.6 is 0 Å². The van der Waals surface area contributed by atoms with Crippen molar-refractivity contribution < 1.29 is 9.53 Å². The molecule has 1 aromatic carbocycles. The summed E-state index contributed by atoms with van der Waals surface area (Å²) in [6.45, 7) is 3.21. The lowest BCUT2D eigenvalue weighted by molar-refractivity contribution is 0.0359. The third-order valence-electron chi connectivity index (χ3n) is 4.95. The standard InChI is InChI=1S/C19H29N3O2/c23-19(21-16-7-3-1-4-8-16)20-12-11-18-15-22(13-14-24-18)17-9-5-2-6-10-17/h2,5-6,9-10,16,18H,1,3-4,7-8,11-15H2,(H2,20,21,23). The number of para-hydroxylation sites is 1. The molecule has 0 bridgehead atoms. The number of rotatable bonds is 5. The van der Waals surface area contributed by atoms with E-state index in [1.165, 1.54) is 24.9 Å². The van der Waals surface area contributed by atoms with E-state index in [-0.39, 0.29) is 12.1 Å². The van der Waals surface area contributed by atoms with Crippen LogP contribution in [0.25, 0.3) is 0 Å². The minimum Gasteiger partial charge on any atom is -0.374 e. The number of ether oxygens (including phenoxy) is 1. The van der Waals surface area contributed by atoms with Crippen molar-refractivity contribution in [3.8, 4) is 0 Å². The Morgan fingerprint density at radius 1 is 1.17 bits per heavy atom. The third kappa shape index (κ3) is 5.13. The first kappa shape index (κ1) is 17.1. The lowest BCUT2D eigenvalue weighted by Crippen LogP contribution is -2.46. The SMILES string of the molecule is O=C(NCCC1CN(c2ccccc2)CCO1)NC1CCCCC1. The summed E-state index contributed by atoms with van der Waals surface area (Å²) in [6.07, 6.45) is 7.02. The smallest absolute Gasteiger partial charge is 0.315 e. The molecule has 1 unspecified atom stereocenters. The molecular formula is C19H29N3O2. The number of carbonyl (C=O) groups is 1. The zero-order valence-corrected chi connectivity index (χ0v) is 14.4. The molecule has 1 atom stereocenters. The van der Waals surface area contributed by atoms with Gasteiger partial charge in [0.25, 0.3) is 0 Å². The number of benzene rings is 1. The van der Waals surface area contributed by atoms with Gasteiger partial charge in [0, 0.05) is 31.4 Å². The van der Waals surface area contributed by atoms with Crippen LogP contribution in [0.4, 0.5) is 10.5 Å². The topological polar surface area (TPSA) is 53.6 Å². The van der Waals surface area contributed by atoms with Gasteiger partial charge in [-0.15, -0.1) is 0 Å². The number of hydrogen-bond donors (Lipinski definition) is 2. The number of carbonyl (C=O) groups excluding carboxylic acids is 1. The van der Waals surface area contributed by atoms with Gasteiger partial charge in [0.1, 0.15) is 0 Å². The van der Waals surface area contributed by atoms with E-state index in [0.717, 1.165) is 39.0 Å². The number of nitrogens with one attached hydrogen (secondary N) is 2. The molecule has 132 valence electrons. The maximum Gasteiger partial charge on any atom is 0.315 e. The first-order valence-electron chi connectivity index (χ1n) is 9.27. The van der Waals surface area contributed by atoms with Crippen LogP contribution in [0, 0.1) is 0 Å². The predicted octanol–water partition coefficient (Wildman–Crippen LogP) is 2.91. The highest BCUT2D eigenvalue weighted by Gasteiger charge is 2.21. The van der Waals surface area contributed by atoms with Crippen LogP contribution in [-0.4, -0.2) is 44.4 Å². The van der Waals surface area contributed by atoms with Crippen LogP contribution in [0.3, 0.4) is 0 Å². The quantitative estimate of drug-likeness (QED) is 0.872. The summed E-state index contributed by atoms with van der Waals surface area (Å²) >= 11 is 0. The summed E-state index contributed by atoms with van der Waals surface area (Å²) in [5.41, 5.74) is 1.24. The fourth-order valence-corrected chi connectivity index (χ4v) is 3.60. The second kappa shape index (κ2) is 8.92. The lowest BCUT2D eigenvalue weighted by Gasteiger charge is -2.34. The molecule has 1 heterocycles. The molecule has 1 saturated heterocycles. The molecule has 2 aliphatic rings. The lowest BCUT2D eigenvalue weighted by atomic mass is 9.96. The highest BCUT2D eigenvalue weighted by atomic mass is 16.5. The van der Waals surface area contributed by atoms with E-state index in [2.05, 4.69) is 39.8 Å². The van der Waals surface area contributed by atoms with Crippen LogP contribution in [-0.2, 0) is 4.74 Å². The highest BCUT2D eigenvalue weighted by molar-refractivity contribution is 5.74. The largest absolute Gasteiger partial charge is 0.374 e. The van der Waals surface area contributed by atoms with Gasteiger partial charge in [-0.2, -0.15) is 0 Å². The Morgan fingerprint density at radius 2 is 1.96 bits per heavy atom. The van der Waals surface area contributed by atoms with Crippen molar-refractivity contribution in [3.63, 3.8) is 0 Å². The van der Waals surface area contributed by atoms with Gasteiger partial charge in [-0.05, 0) is 31.4 Å². The van der Waals surface area contributed by atoms with Gasteiger partial charge in [-0.1, -0.05) is 37.5 Å². The van der Waals surface area contributed by atoms with Gasteiger partial charge in [-0.25, -0.2) is 4.79 Å². The highest BCUT2D eigenvalue weighted by Crippen LogP contribution is 2.18. The number of hydrogen-bond acceptors (Lipinski definition) is 3. The van der Waals surface area contributed by atoms with Crippen molar-refractivity contribution in [2.75, 3.05) is 31.1 Å². The Kier molecular flexibility index (Phi) is 6.35. The fourth-order valence-electron chi connectivity index (χ4n) is 3.60. The van der Waals surface area contributed by atoms with E-state index >= 15 is 0 Å². The Labute approximate surface area is 144 Å². The molecule has 1 saturated carbocycles. The van der Waals surface area contributed by atoms with Crippen molar-refractivity contribution in [3.05, 3.63) is 30.3 Å². The minimum atomic E-state index is -0.0300. The normalized spacial score (nSPS) is 22.2. The van der Waals surface area contributed by atoms with E-state index in [4.69, 9.17) is 4.74 Å². The fraction of sp³-hybridized carbons (Fsp3) is 0.632. The van der Waals surface area contributed by atoms with Crippen molar-refractivity contribution in [1.29, 1.82) is 0 Å². The van der Waals surface area contributed by atoms with Crippen molar-refractivity contribution in [1.82, 2.24) is 10.6 Å². The second-order valence-electron chi connectivity index (χ2n) is 6.80. The van der Waals surface area contributed by atoms with Gasteiger partial charge in [0.05, 0.1) is 12.7 Å². The predicted molar refractivity (Wildman–Crippen MR) is 96.4 cm³/mol. The molecule has 0 aromatic heterocycles. The molecule has 2 amide bonds. The summed E-state index contributed by atoms with van der Waals surface area (Å²) in [6, 6.07) is 10.8. The summed E-state index contributed by atoms with van der Waals surface area (Å²) < 4.78 is 5.85. The molecule has 2 fully saturated rings. The Balaban J connectivity index is 1.36. The molecule has 0 radical (unpaired) electrons. The van der Waals surface area contributed by atoms with Gasteiger partial charge < -0.3 is 20.3 Å². The summed E-state index contributed by atoms with van der Waals surface area (Å²) in [5, 5.41) is 6.07. The number of morpholine rings is 1. The second-order valence-corrected chi connectivity index (χ2v) is 6.80. The number of urea groups is 1. The van der Waals surface area contributed by atoms with E-state index in [9.17, 15) is 4.79 Å². The average molecular weight is 331 g/mol. The Morgan fingerprint density at radius 3 is 2.75 bits per heavy atom. The van der Waals surface area contributed by atoms with Crippen LogP contribution in [0.5, 0.6) is 0 Å². The molecule has 1 aromatic rings. The van der Waals surface area contributed by atoms with Gasteiger partial charge in [0.15, 0.2) is 0 Å². The molecule has 5 heteroatoms. The van der Waals surface area contributed by atoms with E-state index in [1.54, 1.807) is 0 Å². The first-order chi connectivity index (χ1) is 11.8. The maximum absolute atomic E-state index is 12.0. The van der Waals surface area contributed by atoms with Crippen LogP contribution in [0.2, 0.25) is 0 Å². The summed E-state index contributed by atoms with van der Waals surface area (Å²) in [7, 11) is 0. The van der Waals surface area contributed by atoms with Crippen molar-refractivity contribution in [2.24, 2.45) is 0 Å². The van der Waals surface area contributed by atoms with Crippen LogP contribution < -0.4 is 15.5 Å². The summed E-state index contributed by atoms with van der Waals surface area (Å²) in [5.74, 6) is 0. The monoisotopic (exact) mass is 331 g/mol. The third-order valence-corrected chi connectivity index (χ3v) is 4.95. The molecule has 0 spiro atoms. The van der Waals surface area contributed by atoms with Crippen molar-refractivity contribution >= 4 is 11.7 Å². The molecule has 1 aliphatic heterocycles. The molecule has 3 rings (SSSR count). The van der Waals surface area contributed by atoms with Gasteiger partial charge in [0.2, 0.25) is 0 Å². The van der Waals surface area contributed by atoms with E-state index < -0.39 is 0 Å². The zero-order chi connectivity index (χ0) is 16.6. The van der Waals surface area contributed by atoms with Crippen molar-refractivity contribution in [2.45, 2.75) is 50.7 Å². The number of nitrogens with zero attached hydrogens (tertiary/aromatic N) is 1. The van der Waals surface area contributed by atoms with Crippen LogP contribution in [0.15, 0.2) is 30.3 Å². The van der Waals surface area contributed by atoms with Gasteiger partial charge in [-0.3, -0.25) is 0 Å².